The first-order valence-electron chi connectivity index (χ1n) is 5.88. The Hall–Kier alpha value is -0.851. The second kappa shape index (κ2) is 6.03. The molecule has 2 rings (SSSR count). The average Bonchev–Trinajstić information content (AvgIpc) is 2.38. The fourth-order valence-corrected chi connectivity index (χ4v) is 2.35. The minimum atomic E-state index is 1.21. The standard InChI is InChI=1S/C14H17NSe/c16-14(13-7-3-1-4-8-13)9-12-15-10-5-2-6-11-15/h1,3-4,7-9,12H,2,5-6,10-11H2/b12-9+. The summed E-state index contributed by atoms with van der Waals surface area (Å²) in [7, 11) is 0. The third-order valence-corrected chi connectivity index (χ3v) is 3.67. The van der Waals surface area contributed by atoms with E-state index in [0.29, 0.717) is 0 Å². The molecule has 0 unspecified atom stereocenters. The van der Waals surface area contributed by atoms with Crippen LogP contribution in [0.15, 0.2) is 42.6 Å². The molecule has 16 heavy (non-hydrogen) atoms. The quantitative estimate of drug-likeness (QED) is 0.767. The summed E-state index contributed by atoms with van der Waals surface area (Å²) in [5.74, 6) is 0. The molecule has 1 aromatic rings. The Labute approximate surface area is 106 Å². The molecule has 0 aromatic heterocycles. The Morgan fingerprint density at radius 3 is 2.44 bits per heavy atom. The first kappa shape index (κ1) is 11.6. The minimum absolute atomic E-state index is 1.21. The summed E-state index contributed by atoms with van der Waals surface area (Å²) < 4.78 is 1.21. The monoisotopic (exact) mass is 279 g/mol. The van der Waals surface area contributed by atoms with Crippen LogP contribution in [0.3, 0.4) is 0 Å². The van der Waals surface area contributed by atoms with Gasteiger partial charge in [-0.25, -0.2) is 0 Å². The molecule has 84 valence electrons. The van der Waals surface area contributed by atoms with Crippen LogP contribution >= 0.6 is 0 Å². The van der Waals surface area contributed by atoms with Gasteiger partial charge in [0.15, 0.2) is 0 Å². The molecule has 1 aliphatic heterocycles. The van der Waals surface area contributed by atoms with Crippen molar-refractivity contribution in [1.29, 1.82) is 0 Å². The first-order valence-corrected chi connectivity index (χ1v) is 6.73. The van der Waals surface area contributed by atoms with Crippen LogP contribution in [-0.4, -0.2) is 38.0 Å². The van der Waals surface area contributed by atoms with Gasteiger partial charge in [0.05, 0.1) is 0 Å². The van der Waals surface area contributed by atoms with Gasteiger partial charge < -0.3 is 0 Å². The Morgan fingerprint density at radius 1 is 1.06 bits per heavy atom. The molecule has 0 bridgehead atoms. The van der Waals surface area contributed by atoms with E-state index >= 15 is 0 Å². The fraction of sp³-hybridized carbons (Fsp3) is 0.357. The zero-order chi connectivity index (χ0) is 11.2. The van der Waals surface area contributed by atoms with Crippen molar-refractivity contribution in [3.63, 3.8) is 0 Å². The van der Waals surface area contributed by atoms with Crippen LogP contribution in [0.5, 0.6) is 0 Å². The van der Waals surface area contributed by atoms with E-state index in [2.05, 4.69) is 57.0 Å². The number of allylic oxidation sites excluding steroid dienone is 1. The third kappa shape index (κ3) is 3.33. The van der Waals surface area contributed by atoms with Gasteiger partial charge in [0.1, 0.15) is 0 Å². The van der Waals surface area contributed by atoms with Gasteiger partial charge in [-0.05, 0) is 0 Å². The molecule has 0 amide bonds. The Morgan fingerprint density at radius 2 is 1.75 bits per heavy atom. The van der Waals surface area contributed by atoms with Gasteiger partial charge >= 0.3 is 105 Å². The van der Waals surface area contributed by atoms with Gasteiger partial charge in [0, 0.05) is 0 Å². The molecule has 1 aliphatic rings. The van der Waals surface area contributed by atoms with E-state index in [1.54, 1.807) is 0 Å². The van der Waals surface area contributed by atoms with Crippen LogP contribution < -0.4 is 0 Å². The zero-order valence-electron chi connectivity index (χ0n) is 9.43. The van der Waals surface area contributed by atoms with Crippen LogP contribution in [0.4, 0.5) is 0 Å². The van der Waals surface area contributed by atoms with Gasteiger partial charge in [0.2, 0.25) is 0 Å². The number of benzene rings is 1. The Balaban J connectivity index is 1.94. The number of hydrogen-bond acceptors (Lipinski definition) is 1. The van der Waals surface area contributed by atoms with Gasteiger partial charge in [-0.1, -0.05) is 0 Å². The molecule has 1 fully saturated rings. The molecule has 0 radical (unpaired) electrons. The summed E-state index contributed by atoms with van der Waals surface area (Å²) in [5, 5.41) is 0. The van der Waals surface area contributed by atoms with Crippen molar-refractivity contribution in [2.45, 2.75) is 19.3 Å². The summed E-state index contributed by atoms with van der Waals surface area (Å²) in [6, 6.07) is 10.5. The average molecular weight is 278 g/mol. The van der Waals surface area contributed by atoms with Crippen LogP contribution in [-0.2, 0) is 0 Å². The van der Waals surface area contributed by atoms with E-state index in [4.69, 9.17) is 0 Å². The Bertz CT molecular complexity index is 364. The van der Waals surface area contributed by atoms with E-state index in [-0.39, 0.29) is 0 Å². The van der Waals surface area contributed by atoms with Crippen LogP contribution in [0, 0.1) is 0 Å². The van der Waals surface area contributed by atoms with Gasteiger partial charge in [-0.15, -0.1) is 0 Å². The SMILES string of the molecule is [Se]=C(/C=C/N1CCCCC1)c1ccccc1. The normalized spacial score (nSPS) is 16.6. The molecule has 0 atom stereocenters. The number of piperidine rings is 1. The molecule has 0 spiro atoms. The maximum atomic E-state index is 3.14. The van der Waals surface area contributed by atoms with Crippen molar-refractivity contribution in [3.05, 3.63) is 48.2 Å². The van der Waals surface area contributed by atoms with Crippen molar-refractivity contribution < 1.29 is 0 Å². The molecule has 2 heteroatoms. The van der Waals surface area contributed by atoms with Crippen LogP contribution in [0.25, 0.3) is 0 Å². The predicted molar refractivity (Wildman–Crippen MR) is 70.9 cm³/mol. The summed E-state index contributed by atoms with van der Waals surface area (Å²) in [5.41, 5.74) is 1.26. The summed E-state index contributed by atoms with van der Waals surface area (Å²) in [4.78, 5) is 2.41. The molecular formula is C14H17NSe. The van der Waals surface area contributed by atoms with E-state index in [9.17, 15) is 0 Å². The molecule has 0 aliphatic carbocycles. The van der Waals surface area contributed by atoms with E-state index in [1.807, 2.05) is 6.07 Å². The topological polar surface area (TPSA) is 3.24 Å². The van der Waals surface area contributed by atoms with Crippen molar-refractivity contribution >= 4 is 20.0 Å². The van der Waals surface area contributed by atoms with Crippen molar-refractivity contribution in [3.8, 4) is 0 Å². The zero-order valence-corrected chi connectivity index (χ0v) is 11.1. The second-order valence-electron chi connectivity index (χ2n) is 4.14. The summed E-state index contributed by atoms with van der Waals surface area (Å²) in [6.07, 6.45) is 8.45. The van der Waals surface area contributed by atoms with Crippen LogP contribution in [0.2, 0.25) is 0 Å². The number of hydrogen-bond donors (Lipinski definition) is 0. The fourth-order valence-electron chi connectivity index (χ4n) is 1.94. The first-order chi connectivity index (χ1) is 7.86. The maximum absolute atomic E-state index is 3.14. The third-order valence-electron chi connectivity index (χ3n) is 2.89. The van der Waals surface area contributed by atoms with E-state index in [1.165, 1.54) is 42.3 Å². The number of nitrogens with zero attached hydrogens (tertiary/aromatic N) is 1. The van der Waals surface area contributed by atoms with Crippen molar-refractivity contribution in [2.24, 2.45) is 0 Å². The number of rotatable bonds is 3. The molecule has 0 saturated carbocycles. The molecule has 0 N–H and O–H groups in total. The number of likely N-dealkylation sites (tertiary alicyclic amines) is 1. The van der Waals surface area contributed by atoms with Gasteiger partial charge in [0.25, 0.3) is 0 Å². The van der Waals surface area contributed by atoms with Gasteiger partial charge in [-0.3, -0.25) is 0 Å². The second-order valence-corrected chi connectivity index (χ2v) is 5.07. The summed E-state index contributed by atoms with van der Waals surface area (Å²) in [6.45, 7) is 2.41. The van der Waals surface area contributed by atoms with Crippen molar-refractivity contribution in [1.82, 2.24) is 4.90 Å². The summed E-state index contributed by atoms with van der Waals surface area (Å²) >= 11 is 3.14. The molecular weight excluding hydrogens is 261 g/mol. The van der Waals surface area contributed by atoms with Crippen molar-refractivity contribution in [2.75, 3.05) is 13.1 Å². The Kier molecular flexibility index (Phi) is 4.38. The van der Waals surface area contributed by atoms with E-state index < -0.39 is 0 Å². The molecule has 1 aromatic carbocycles. The predicted octanol–water partition coefficient (Wildman–Crippen LogP) is 2.38. The molecule has 1 nitrogen and oxygen atoms in total. The van der Waals surface area contributed by atoms with E-state index in [0.717, 1.165) is 0 Å². The van der Waals surface area contributed by atoms with Crippen LogP contribution in [0.1, 0.15) is 24.8 Å². The molecule has 1 heterocycles. The molecule has 1 saturated heterocycles. The van der Waals surface area contributed by atoms with Gasteiger partial charge in [-0.2, -0.15) is 0 Å².